The van der Waals surface area contributed by atoms with Crippen molar-refractivity contribution in [3.63, 3.8) is 0 Å². The van der Waals surface area contributed by atoms with E-state index in [9.17, 15) is 29.4 Å². The average Bonchev–Trinajstić information content (AvgIpc) is 3.13. The van der Waals surface area contributed by atoms with E-state index >= 15 is 0 Å². The lowest BCUT2D eigenvalue weighted by atomic mass is 10.1. The molecular weight excluding hydrogens is 681 g/mol. The third-order valence-corrected chi connectivity index (χ3v) is 10.3. The Morgan fingerprint density at radius 2 is 0.960 bits per heavy atom. The van der Waals surface area contributed by atoms with Crippen molar-refractivity contribution < 1.29 is 38.7 Å². The molecule has 0 saturated carbocycles. The molecule has 6 aromatic rings. The molecule has 2 unspecified atom stereocenters. The van der Waals surface area contributed by atoms with E-state index in [0.717, 1.165) is 18.8 Å². The third kappa shape index (κ3) is 8.64. The lowest BCUT2D eigenvalue weighted by Gasteiger charge is -2.14. The van der Waals surface area contributed by atoms with Crippen LogP contribution < -0.4 is 20.3 Å². The van der Waals surface area contributed by atoms with E-state index < -0.39 is 24.1 Å². The molecule has 2 heterocycles. The largest absolute Gasteiger partial charge is 0.482 e. The zero-order chi connectivity index (χ0) is 35.0. The summed E-state index contributed by atoms with van der Waals surface area (Å²) in [6.45, 7) is -1.16. The Kier molecular flexibility index (Phi) is 11.3. The van der Waals surface area contributed by atoms with E-state index in [1.165, 1.54) is 22.7 Å². The molecule has 0 saturated heterocycles. The van der Waals surface area contributed by atoms with Crippen LogP contribution in [0.15, 0.2) is 94.5 Å². The molecule has 0 radical (unpaired) electrons. The molecular formula is C38H34O10S2. The summed E-state index contributed by atoms with van der Waals surface area (Å²) in [5.41, 5.74) is -0.199. The van der Waals surface area contributed by atoms with Crippen LogP contribution in [0.3, 0.4) is 0 Å². The topological polar surface area (TPSA) is 146 Å². The van der Waals surface area contributed by atoms with Gasteiger partial charge in [0, 0.05) is 40.3 Å². The number of ether oxygens (including phenoxy) is 4. The van der Waals surface area contributed by atoms with E-state index in [1.807, 2.05) is 36.4 Å². The molecule has 6 rings (SSSR count). The summed E-state index contributed by atoms with van der Waals surface area (Å²) >= 11 is 3.01. The van der Waals surface area contributed by atoms with Crippen LogP contribution in [-0.4, -0.2) is 60.8 Å². The highest BCUT2D eigenvalue weighted by molar-refractivity contribution is 7.24. The van der Waals surface area contributed by atoms with Crippen molar-refractivity contribution in [1.82, 2.24) is 0 Å². The van der Waals surface area contributed by atoms with Crippen molar-refractivity contribution in [2.45, 2.75) is 37.9 Å². The highest BCUT2D eigenvalue weighted by atomic mass is 32.1. The minimum Gasteiger partial charge on any atom is -0.482 e. The van der Waals surface area contributed by atoms with Gasteiger partial charge in [0.25, 0.3) is 0 Å². The fourth-order valence-electron chi connectivity index (χ4n) is 5.42. The number of fused-ring (bicyclic) bond motifs is 4. The molecule has 2 N–H and O–H groups in total. The second-order valence-electron chi connectivity index (χ2n) is 11.7. The number of hydrogen-bond donors (Lipinski definition) is 2. The highest BCUT2D eigenvalue weighted by Crippen LogP contribution is 2.28. The van der Waals surface area contributed by atoms with Gasteiger partial charge in [-0.3, -0.25) is 9.59 Å². The summed E-state index contributed by atoms with van der Waals surface area (Å²) in [5.74, 6) is -0.577. The number of carbonyl (C=O) groups excluding carboxylic acids is 2. The van der Waals surface area contributed by atoms with E-state index in [0.29, 0.717) is 58.7 Å². The van der Waals surface area contributed by atoms with Gasteiger partial charge < -0.3 is 29.2 Å². The van der Waals surface area contributed by atoms with Crippen LogP contribution in [0.4, 0.5) is 0 Å². The maximum atomic E-state index is 12.9. The predicted octanol–water partition coefficient (Wildman–Crippen LogP) is 5.97. The fraction of sp³-hybridized carbons (Fsp3) is 0.263. The van der Waals surface area contributed by atoms with E-state index in [-0.39, 0.29) is 37.3 Å². The zero-order valence-electron chi connectivity index (χ0n) is 26.9. The van der Waals surface area contributed by atoms with E-state index in [4.69, 9.17) is 18.9 Å². The molecule has 10 nitrogen and oxygen atoms in total. The number of hydrogen-bond acceptors (Lipinski definition) is 12. The summed E-state index contributed by atoms with van der Waals surface area (Å²) in [4.78, 5) is 50.2. The van der Waals surface area contributed by atoms with Gasteiger partial charge in [-0.25, -0.2) is 9.59 Å². The molecule has 0 amide bonds. The van der Waals surface area contributed by atoms with Crippen LogP contribution in [0.25, 0.3) is 40.3 Å². The normalized spacial score (nSPS) is 12.6. The summed E-state index contributed by atoms with van der Waals surface area (Å²) in [6.07, 6.45) is -0.00329. The van der Waals surface area contributed by atoms with Gasteiger partial charge in [-0.05, 0) is 73.5 Å². The van der Waals surface area contributed by atoms with Gasteiger partial charge in [0.15, 0.2) is 24.1 Å². The molecule has 0 aliphatic rings. The Labute approximate surface area is 294 Å². The van der Waals surface area contributed by atoms with Crippen LogP contribution in [0.1, 0.15) is 25.7 Å². The van der Waals surface area contributed by atoms with Gasteiger partial charge in [0.2, 0.25) is 0 Å². The summed E-state index contributed by atoms with van der Waals surface area (Å²) in [7, 11) is 0. The Morgan fingerprint density at radius 3 is 1.40 bits per heavy atom. The van der Waals surface area contributed by atoms with Gasteiger partial charge in [0.05, 0.1) is 12.2 Å². The summed E-state index contributed by atoms with van der Waals surface area (Å²) in [6, 6.07) is 25.0. The Morgan fingerprint density at radius 1 is 0.560 bits per heavy atom. The number of rotatable bonds is 15. The Bertz CT molecular complexity index is 2120. The van der Waals surface area contributed by atoms with Crippen LogP contribution in [0, 0.1) is 0 Å². The van der Waals surface area contributed by atoms with Crippen molar-refractivity contribution in [3.8, 4) is 11.5 Å². The first kappa shape index (κ1) is 35.0. The molecule has 4 aromatic carbocycles. The minimum atomic E-state index is -0.892. The molecule has 0 fully saturated rings. The molecule has 0 bridgehead atoms. The maximum Gasteiger partial charge on any atom is 0.344 e. The van der Waals surface area contributed by atoms with Crippen LogP contribution in [0.5, 0.6) is 11.5 Å². The summed E-state index contributed by atoms with van der Waals surface area (Å²) in [5, 5.41) is 22.7. The smallest absolute Gasteiger partial charge is 0.344 e. The van der Waals surface area contributed by atoms with Gasteiger partial charge >= 0.3 is 11.9 Å². The van der Waals surface area contributed by atoms with E-state index in [1.54, 1.807) is 48.5 Å². The molecule has 2 atom stereocenters. The van der Waals surface area contributed by atoms with Crippen molar-refractivity contribution >= 4 is 75.0 Å². The quantitative estimate of drug-likeness (QED) is 0.0742. The second-order valence-corrected chi connectivity index (χ2v) is 13.9. The van der Waals surface area contributed by atoms with Crippen molar-refractivity contribution in [3.05, 3.63) is 105 Å². The van der Waals surface area contributed by atoms with Crippen LogP contribution in [0.2, 0.25) is 0 Å². The molecule has 50 heavy (non-hydrogen) atoms. The zero-order valence-corrected chi connectivity index (χ0v) is 28.5. The highest BCUT2D eigenvalue weighted by Gasteiger charge is 2.14. The fourth-order valence-corrected chi connectivity index (χ4v) is 7.52. The van der Waals surface area contributed by atoms with E-state index in [2.05, 4.69) is 0 Å². The molecule has 0 aliphatic heterocycles. The Hall–Kier alpha value is -4.88. The first-order valence-corrected chi connectivity index (χ1v) is 17.7. The summed E-state index contributed by atoms with van der Waals surface area (Å²) < 4.78 is 24.8. The standard InChI is InChI=1S/C38H34O10S2/c39-23(19-47-35(41)21-45-25-13-15-33-29(17-25)37(43)27-9-3-5-11-31(27)49-33)7-1-2-8-24(40)20-48-36(42)22-46-26-14-16-34-30(18-26)38(44)28-10-4-6-12-32(28)50-34/h3-6,9-18,23-24,39-40H,1-2,7-8,19-22H2. The van der Waals surface area contributed by atoms with Gasteiger partial charge in [-0.15, -0.1) is 22.7 Å². The first-order chi connectivity index (χ1) is 24.2. The lowest BCUT2D eigenvalue weighted by molar-refractivity contribution is -0.150. The number of esters is 2. The van der Waals surface area contributed by atoms with Gasteiger partial charge in [0.1, 0.15) is 24.7 Å². The minimum absolute atomic E-state index is 0.0997. The molecule has 2 aromatic heterocycles. The average molecular weight is 715 g/mol. The number of benzene rings is 4. The maximum absolute atomic E-state index is 12.9. The van der Waals surface area contributed by atoms with Crippen molar-refractivity contribution in [2.75, 3.05) is 26.4 Å². The monoisotopic (exact) mass is 714 g/mol. The molecule has 0 aliphatic carbocycles. The molecule has 0 spiro atoms. The van der Waals surface area contributed by atoms with Crippen LogP contribution >= 0.6 is 22.7 Å². The first-order valence-electron chi connectivity index (χ1n) is 16.1. The van der Waals surface area contributed by atoms with Crippen molar-refractivity contribution in [2.24, 2.45) is 0 Å². The number of carbonyl (C=O) groups is 2. The van der Waals surface area contributed by atoms with Gasteiger partial charge in [-0.1, -0.05) is 37.1 Å². The molecule has 12 heteroatoms. The third-order valence-electron chi connectivity index (χ3n) is 8.01. The van der Waals surface area contributed by atoms with Gasteiger partial charge in [-0.2, -0.15) is 0 Å². The number of aliphatic hydroxyl groups is 2. The second kappa shape index (κ2) is 16.2. The van der Waals surface area contributed by atoms with Crippen LogP contribution in [-0.2, 0) is 19.1 Å². The Balaban J connectivity index is 0.846. The SMILES string of the molecule is O=C(COc1ccc2sc3ccccc3c(=O)c2c1)OCC(O)CCCCC(O)COC(=O)COc1ccc2sc3ccccc3c(=O)c2c1. The number of aliphatic hydroxyl groups excluding tert-OH is 2. The van der Waals surface area contributed by atoms with Crippen molar-refractivity contribution in [1.29, 1.82) is 0 Å². The predicted molar refractivity (Wildman–Crippen MR) is 195 cm³/mol. The number of unbranched alkanes of at least 4 members (excludes halogenated alkanes) is 1. The molecule has 258 valence electrons. The lowest BCUT2D eigenvalue weighted by Crippen LogP contribution is -2.23.